The third-order valence-electron chi connectivity index (χ3n) is 5.64. The number of aryl methyl sites for hydroxylation is 2. The van der Waals surface area contributed by atoms with E-state index in [2.05, 4.69) is 17.4 Å². The van der Waals surface area contributed by atoms with Gasteiger partial charge in [0.2, 0.25) is 15.9 Å². The first-order chi connectivity index (χ1) is 14.5. The summed E-state index contributed by atoms with van der Waals surface area (Å²) in [6, 6.07) is 20.1. The number of nitrogens with zero attached hydrogens (tertiary/aromatic N) is 1. The van der Waals surface area contributed by atoms with E-state index in [1.165, 1.54) is 9.87 Å². The zero-order chi connectivity index (χ0) is 21.2. The molecule has 1 atom stereocenters. The topological polar surface area (TPSA) is 66.5 Å². The lowest BCUT2D eigenvalue weighted by Crippen LogP contribution is -2.46. The van der Waals surface area contributed by atoms with Crippen LogP contribution in [-0.2, 0) is 27.7 Å². The second kappa shape index (κ2) is 11.3. The molecule has 0 spiro atoms. The molecule has 0 bridgehead atoms. The van der Waals surface area contributed by atoms with Crippen LogP contribution in [0.4, 0.5) is 0 Å². The van der Waals surface area contributed by atoms with Crippen LogP contribution in [0, 0.1) is 5.92 Å². The van der Waals surface area contributed by atoms with Crippen LogP contribution in [0.1, 0.15) is 36.8 Å². The number of amides is 1. The minimum absolute atomic E-state index is 0.0211. The van der Waals surface area contributed by atoms with Crippen molar-refractivity contribution in [2.24, 2.45) is 5.92 Å². The van der Waals surface area contributed by atoms with Crippen LogP contribution in [0.3, 0.4) is 0 Å². The van der Waals surface area contributed by atoms with Gasteiger partial charge in [-0.15, -0.1) is 0 Å². The molecule has 0 aliphatic carbocycles. The van der Waals surface area contributed by atoms with Crippen LogP contribution >= 0.6 is 0 Å². The average molecular weight is 429 g/mol. The summed E-state index contributed by atoms with van der Waals surface area (Å²) in [7, 11) is -3.33. The Labute approximate surface area is 180 Å². The van der Waals surface area contributed by atoms with Gasteiger partial charge in [0.25, 0.3) is 0 Å². The van der Waals surface area contributed by atoms with Gasteiger partial charge in [-0.05, 0) is 49.7 Å². The number of sulfonamides is 1. The Morgan fingerprint density at radius 2 is 1.53 bits per heavy atom. The molecule has 1 aliphatic heterocycles. The van der Waals surface area contributed by atoms with Crippen molar-refractivity contribution in [1.82, 2.24) is 9.62 Å². The van der Waals surface area contributed by atoms with Gasteiger partial charge in [-0.2, -0.15) is 0 Å². The number of hydrogen-bond donors (Lipinski definition) is 1. The Balaban J connectivity index is 1.41. The fourth-order valence-electron chi connectivity index (χ4n) is 3.93. The smallest absolute Gasteiger partial charge is 0.224 e. The Hall–Kier alpha value is -2.18. The van der Waals surface area contributed by atoms with Crippen LogP contribution in [0.2, 0.25) is 0 Å². The molecule has 1 N–H and O–H groups in total. The second-order valence-corrected chi connectivity index (χ2v) is 10.1. The zero-order valence-corrected chi connectivity index (χ0v) is 18.3. The highest BCUT2D eigenvalue weighted by Gasteiger charge is 2.31. The molecule has 6 heteroatoms. The van der Waals surface area contributed by atoms with Crippen molar-refractivity contribution >= 4 is 15.9 Å². The van der Waals surface area contributed by atoms with Crippen LogP contribution in [0.15, 0.2) is 60.7 Å². The number of piperidine rings is 1. The molecule has 5 nitrogen and oxygen atoms in total. The zero-order valence-electron chi connectivity index (χ0n) is 17.5. The Morgan fingerprint density at radius 1 is 0.933 bits per heavy atom. The lowest BCUT2D eigenvalue weighted by atomic mass is 9.99. The SMILES string of the molecule is O=C(NCCCc1ccccc1)[C@H]1CCCN(S(=O)(=O)CCCc2ccccc2)C1. The molecule has 30 heavy (non-hydrogen) atoms. The van der Waals surface area contributed by atoms with Crippen molar-refractivity contribution in [3.8, 4) is 0 Å². The summed E-state index contributed by atoms with van der Waals surface area (Å²) in [6.07, 6.45) is 4.64. The number of carbonyl (C=O) groups is 1. The highest BCUT2D eigenvalue weighted by Crippen LogP contribution is 2.20. The van der Waals surface area contributed by atoms with E-state index in [9.17, 15) is 13.2 Å². The first-order valence-electron chi connectivity index (χ1n) is 10.9. The molecule has 162 valence electrons. The molecule has 1 fully saturated rings. The number of carbonyl (C=O) groups excluding carboxylic acids is 1. The fourth-order valence-corrected chi connectivity index (χ4v) is 5.52. The third-order valence-corrected chi connectivity index (χ3v) is 7.57. The molecule has 2 aromatic rings. The Morgan fingerprint density at radius 3 is 2.17 bits per heavy atom. The van der Waals surface area contributed by atoms with E-state index in [0.717, 1.165) is 37.7 Å². The summed E-state index contributed by atoms with van der Waals surface area (Å²) < 4.78 is 27.0. The van der Waals surface area contributed by atoms with Crippen molar-refractivity contribution in [2.45, 2.75) is 38.5 Å². The van der Waals surface area contributed by atoms with E-state index in [1.807, 2.05) is 48.5 Å². The van der Waals surface area contributed by atoms with Crippen molar-refractivity contribution in [3.63, 3.8) is 0 Å². The molecule has 0 aromatic heterocycles. The van der Waals surface area contributed by atoms with E-state index in [4.69, 9.17) is 0 Å². The molecule has 2 aromatic carbocycles. The minimum atomic E-state index is -3.33. The number of benzene rings is 2. The van der Waals surface area contributed by atoms with Gasteiger partial charge in [-0.25, -0.2) is 12.7 Å². The van der Waals surface area contributed by atoms with Gasteiger partial charge in [0, 0.05) is 19.6 Å². The largest absolute Gasteiger partial charge is 0.356 e. The molecular weight excluding hydrogens is 396 g/mol. The summed E-state index contributed by atoms with van der Waals surface area (Å²) in [4.78, 5) is 12.5. The minimum Gasteiger partial charge on any atom is -0.356 e. The van der Waals surface area contributed by atoms with Gasteiger partial charge in [-0.3, -0.25) is 4.79 Å². The highest BCUT2D eigenvalue weighted by molar-refractivity contribution is 7.89. The molecule has 1 saturated heterocycles. The summed E-state index contributed by atoms with van der Waals surface area (Å²) in [5.74, 6) is -0.139. The molecule has 1 aliphatic rings. The lowest BCUT2D eigenvalue weighted by molar-refractivity contribution is -0.126. The summed E-state index contributed by atoms with van der Waals surface area (Å²) in [5, 5.41) is 3.00. The van der Waals surface area contributed by atoms with E-state index in [1.54, 1.807) is 0 Å². The fraction of sp³-hybridized carbons (Fsp3) is 0.458. The quantitative estimate of drug-likeness (QED) is 0.590. The van der Waals surface area contributed by atoms with Gasteiger partial charge in [0.1, 0.15) is 0 Å². The van der Waals surface area contributed by atoms with Crippen molar-refractivity contribution < 1.29 is 13.2 Å². The maximum absolute atomic E-state index is 12.8. The predicted molar refractivity (Wildman–Crippen MR) is 121 cm³/mol. The molecule has 0 saturated carbocycles. The number of nitrogens with one attached hydrogen (secondary N) is 1. The Bertz CT molecular complexity index is 885. The van der Waals surface area contributed by atoms with Gasteiger partial charge >= 0.3 is 0 Å². The molecule has 1 heterocycles. The van der Waals surface area contributed by atoms with Crippen LogP contribution < -0.4 is 5.32 Å². The summed E-state index contributed by atoms with van der Waals surface area (Å²) >= 11 is 0. The van der Waals surface area contributed by atoms with Gasteiger partial charge < -0.3 is 5.32 Å². The van der Waals surface area contributed by atoms with Crippen LogP contribution in [0.25, 0.3) is 0 Å². The molecule has 0 radical (unpaired) electrons. The number of rotatable bonds is 10. The third kappa shape index (κ3) is 6.96. The van der Waals surface area contributed by atoms with Crippen molar-refractivity contribution in [1.29, 1.82) is 0 Å². The standard InChI is InChI=1S/C24H32N2O3S/c27-24(25-17-7-14-21-10-3-1-4-11-21)23-16-8-18-26(20-23)30(28,29)19-9-15-22-12-5-2-6-13-22/h1-6,10-13,23H,7-9,14-20H2,(H,25,27)/t23-/m0/s1. The van der Waals surface area contributed by atoms with Gasteiger partial charge in [-0.1, -0.05) is 60.7 Å². The Kier molecular flexibility index (Phi) is 8.46. The normalized spacial score (nSPS) is 17.5. The summed E-state index contributed by atoms with van der Waals surface area (Å²) in [5.41, 5.74) is 2.41. The van der Waals surface area contributed by atoms with E-state index < -0.39 is 10.0 Å². The van der Waals surface area contributed by atoms with Crippen LogP contribution in [0.5, 0.6) is 0 Å². The maximum Gasteiger partial charge on any atom is 0.224 e. The first kappa shape index (κ1) is 22.5. The van der Waals surface area contributed by atoms with Crippen LogP contribution in [-0.4, -0.2) is 44.0 Å². The monoisotopic (exact) mass is 428 g/mol. The molecule has 1 amide bonds. The molecule has 0 unspecified atom stereocenters. The maximum atomic E-state index is 12.8. The average Bonchev–Trinajstić information content (AvgIpc) is 2.78. The van der Waals surface area contributed by atoms with E-state index >= 15 is 0 Å². The summed E-state index contributed by atoms with van der Waals surface area (Å²) in [6.45, 7) is 1.44. The molecule has 3 rings (SSSR count). The van der Waals surface area contributed by atoms with Crippen molar-refractivity contribution in [2.75, 3.05) is 25.4 Å². The molecular formula is C24H32N2O3S. The van der Waals surface area contributed by atoms with Crippen molar-refractivity contribution in [3.05, 3.63) is 71.8 Å². The number of hydrogen-bond acceptors (Lipinski definition) is 3. The van der Waals surface area contributed by atoms with Gasteiger partial charge in [0.05, 0.1) is 11.7 Å². The van der Waals surface area contributed by atoms with E-state index in [0.29, 0.717) is 26.1 Å². The lowest BCUT2D eigenvalue weighted by Gasteiger charge is -2.31. The van der Waals surface area contributed by atoms with E-state index in [-0.39, 0.29) is 17.6 Å². The van der Waals surface area contributed by atoms with Gasteiger partial charge in [0.15, 0.2) is 0 Å². The first-order valence-corrected chi connectivity index (χ1v) is 12.5. The second-order valence-electron chi connectivity index (χ2n) is 7.98. The highest BCUT2D eigenvalue weighted by atomic mass is 32.2. The predicted octanol–water partition coefficient (Wildman–Crippen LogP) is 3.41.